The Bertz CT molecular complexity index is 835. The molecule has 2 aromatic rings. The second-order valence-corrected chi connectivity index (χ2v) is 8.36. The van der Waals surface area contributed by atoms with Crippen molar-refractivity contribution in [2.45, 2.75) is 11.4 Å². The summed E-state index contributed by atoms with van der Waals surface area (Å²) in [5.41, 5.74) is 0.0565. The van der Waals surface area contributed by atoms with Crippen LogP contribution in [0.4, 0.5) is 11.4 Å². The molecule has 0 bridgehead atoms. The third-order valence-electron chi connectivity index (χ3n) is 3.16. The third-order valence-corrected chi connectivity index (χ3v) is 5.78. The summed E-state index contributed by atoms with van der Waals surface area (Å²) < 4.78 is 26.4. The molecule has 0 aliphatic heterocycles. The first-order valence-electron chi connectivity index (χ1n) is 6.42. The zero-order valence-corrected chi connectivity index (χ0v) is 14.7. The number of thiophene rings is 1. The second kappa shape index (κ2) is 6.83. The van der Waals surface area contributed by atoms with Crippen molar-refractivity contribution < 1.29 is 13.3 Å². The fourth-order valence-corrected chi connectivity index (χ4v) is 3.90. The number of sulfonamides is 1. The van der Waals surface area contributed by atoms with Gasteiger partial charge in [-0.25, -0.2) is 13.1 Å². The number of rotatable bonds is 6. The SMILES string of the molecule is CNS(=O)(=O)c1ccc(N(C)Cc2ccc(Cl)s2)c([N+](=O)[O-])c1. The molecule has 0 saturated carbocycles. The van der Waals surface area contributed by atoms with Crippen molar-refractivity contribution in [3.05, 3.63) is 49.7 Å². The van der Waals surface area contributed by atoms with Gasteiger partial charge < -0.3 is 4.90 Å². The summed E-state index contributed by atoms with van der Waals surface area (Å²) >= 11 is 7.26. The topological polar surface area (TPSA) is 92.6 Å². The number of nitrogens with one attached hydrogen (secondary N) is 1. The van der Waals surface area contributed by atoms with Gasteiger partial charge in [-0.1, -0.05) is 11.6 Å². The lowest BCUT2D eigenvalue weighted by Crippen LogP contribution is -2.20. The van der Waals surface area contributed by atoms with E-state index in [0.717, 1.165) is 10.9 Å². The number of halogens is 1. The maximum atomic E-state index is 11.8. The molecule has 0 radical (unpaired) electrons. The Hall–Kier alpha value is -1.68. The van der Waals surface area contributed by atoms with Crippen LogP contribution in [-0.2, 0) is 16.6 Å². The molecule has 1 N–H and O–H groups in total. The maximum Gasteiger partial charge on any atom is 0.293 e. The zero-order valence-electron chi connectivity index (χ0n) is 12.3. The molecule has 0 saturated heterocycles. The van der Waals surface area contributed by atoms with Gasteiger partial charge in [0.1, 0.15) is 5.69 Å². The lowest BCUT2D eigenvalue weighted by atomic mass is 10.2. The largest absolute Gasteiger partial charge is 0.364 e. The first-order valence-corrected chi connectivity index (χ1v) is 9.09. The Labute approximate surface area is 142 Å². The predicted octanol–water partition coefficient (Wildman–Crippen LogP) is 2.85. The molecule has 7 nitrogen and oxygen atoms in total. The lowest BCUT2D eigenvalue weighted by Gasteiger charge is -2.18. The fourth-order valence-electron chi connectivity index (χ4n) is 2.01. The lowest BCUT2D eigenvalue weighted by molar-refractivity contribution is -0.384. The van der Waals surface area contributed by atoms with E-state index < -0.39 is 14.9 Å². The van der Waals surface area contributed by atoms with E-state index in [9.17, 15) is 18.5 Å². The highest BCUT2D eigenvalue weighted by atomic mass is 35.5. The molecule has 1 aromatic carbocycles. The number of nitrogens with zero attached hydrogens (tertiary/aromatic N) is 2. The molecule has 0 amide bonds. The van der Waals surface area contributed by atoms with Crippen molar-refractivity contribution >= 4 is 44.3 Å². The van der Waals surface area contributed by atoms with Crippen LogP contribution in [0.2, 0.25) is 4.34 Å². The first-order chi connectivity index (χ1) is 10.7. The molecule has 1 heterocycles. The number of nitro benzene ring substituents is 1. The number of nitro groups is 1. The minimum atomic E-state index is -3.74. The van der Waals surface area contributed by atoms with Crippen LogP contribution in [0.25, 0.3) is 0 Å². The van der Waals surface area contributed by atoms with Gasteiger partial charge in [0.05, 0.1) is 20.7 Å². The molecular weight excluding hydrogens is 362 g/mol. The minimum absolute atomic E-state index is 0.150. The summed E-state index contributed by atoms with van der Waals surface area (Å²) in [6, 6.07) is 7.42. The van der Waals surface area contributed by atoms with E-state index in [1.165, 1.54) is 30.5 Å². The van der Waals surface area contributed by atoms with Gasteiger partial charge in [-0.3, -0.25) is 10.1 Å². The molecule has 0 fully saturated rings. The average molecular weight is 376 g/mol. The molecule has 0 atom stereocenters. The Morgan fingerprint density at radius 3 is 2.57 bits per heavy atom. The molecule has 10 heteroatoms. The quantitative estimate of drug-likeness (QED) is 0.619. The van der Waals surface area contributed by atoms with Gasteiger partial charge in [-0.15, -0.1) is 11.3 Å². The van der Waals surface area contributed by atoms with Gasteiger partial charge in [0.2, 0.25) is 10.0 Å². The van der Waals surface area contributed by atoms with Crippen molar-refractivity contribution in [2.24, 2.45) is 0 Å². The molecule has 23 heavy (non-hydrogen) atoms. The number of hydrogen-bond acceptors (Lipinski definition) is 6. The second-order valence-electron chi connectivity index (χ2n) is 4.68. The highest BCUT2D eigenvalue weighted by Gasteiger charge is 2.22. The monoisotopic (exact) mass is 375 g/mol. The summed E-state index contributed by atoms with van der Waals surface area (Å²) in [6.45, 7) is 0.427. The van der Waals surface area contributed by atoms with Crippen LogP contribution in [0.1, 0.15) is 4.88 Å². The summed E-state index contributed by atoms with van der Waals surface area (Å²) in [7, 11) is -0.792. The summed E-state index contributed by atoms with van der Waals surface area (Å²) in [5, 5.41) is 11.3. The Morgan fingerprint density at radius 2 is 2.04 bits per heavy atom. The molecule has 0 unspecified atom stereocenters. The van der Waals surface area contributed by atoms with E-state index >= 15 is 0 Å². The van der Waals surface area contributed by atoms with Gasteiger partial charge in [0, 0.05) is 18.0 Å². The Morgan fingerprint density at radius 1 is 1.35 bits per heavy atom. The highest BCUT2D eigenvalue weighted by Crippen LogP contribution is 2.32. The third kappa shape index (κ3) is 3.99. The van der Waals surface area contributed by atoms with Crippen molar-refractivity contribution in [1.29, 1.82) is 0 Å². The van der Waals surface area contributed by atoms with Crippen molar-refractivity contribution in [3.63, 3.8) is 0 Å². The van der Waals surface area contributed by atoms with Crippen molar-refractivity contribution in [3.8, 4) is 0 Å². The molecular formula is C13H14ClN3O4S2. The Kier molecular flexibility index (Phi) is 5.25. The molecule has 0 aliphatic rings. The molecule has 0 spiro atoms. The van der Waals surface area contributed by atoms with Gasteiger partial charge in [-0.05, 0) is 31.3 Å². The number of benzene rings is 1. The van der Waals surface area contributed by atoms with Gasteiger partial charge in [-0.2, -0.15) is 0 Å². The van der Waals surface area contributed by atoms with Crippen LogP contribution in [0.5, 0.6) is 0 Å². The molecule has 124 valence electrons. The molecule has 0 aliphatic carbocycles. The van der Waals surface area contributed by atoms with E-state index in [1.807, 2.05) is 6.07 Å². The van der Waals surface area contributed by atoms with E-state index in [1.54, 1.807) is 18.0 Å². The number of hydrogen-bond donors (Lipinski definition) is 1. The standard InChI is InChI=1S/C13H14ClN3O4S2/c1-15-23(20,21)10-4-5-11(12(7-10)17(18)19)16(2)8-9-3-6-13(14)22-9/h3-7,15H,8H2,1-2H3. The summed E-state index contributed by atoms with van der Waals surface area (Å²) in [6.07, 6.45) is 0. The van der Waals surface area contributed by atoms with E-state index in [0.29, 0.717) is 16.6 Å². The van der Waals surface area contributed by atoms with Gasteiger partial charge in [0.15, 0.2) is 0 Å². The zero-order chi connectivity index (χ0) is 17.2. The van der Waals surface area contributed by atoms with Crippen LogP contribution >= 0.6 is 22.9 Å². The van der Waals surface area contributed by atoms with Crippen LogP contribution in [-0.4, -0.2) is 27.4 Å². The fraction of sp³-hybridized carbons (Fsp3) is 0.231. The van der Waals surface area contributed by atoms with Crippen LogP contribution < -0.4 is 9.62 Å². The summed E-state index contributed by atoms with van der Waals surface area (Å²) in [5.74, 6) is 0. The van der Waals surface area contributed by atoms with Crippen LogP contribution in [0.3, 0.4) is 0 Å². The predicted molar refractivity (Wildman–Crippen MR) is 90.8 cm³/mol. The van der Waals surface area contributed by atoms with E-state index in [2.05, 4.69) is 4.72 Å². The molecule has 2 rings (SSSR count). The van der Waals surface area contributed by atoms with Crippen molar-refractivity contribution in [1.82, 2.24) is 4.72 Å². The van der Waals surface area contributed by atoms with Gasteiger partial charge in [0.25, 0.3) is 5.69 Å². The first kappa shape index (κ1) is 17.7. The maximum absolute atomic E-state index is 11.8. The van der Waals surface area contributed by atoms with E-state index in [-0.39, 0.29) is 10.6 Å². The highest BCUT2D eigenvalue weighted by molar-refractivity contribution is 7.89. The number of anilines is 1. The average Bonchev–Trinajstić information content (AvgIpc) is 2.91. The van der Waals surface area contributed by atoms with Crippen LogP contribution in [0, 0.1) is 10.1 Å². The smallest absolute Gasteiger partial charge is 0.293 e. The van der Waals surface area contributed by atoms with Gasteiger partial charge >= 0.3 is 0 Å². The summed E-state index contributed by atoms with van der Waals surface area (Å²) in [4.78, 5) is 13.2. The minimum Gasteiger partial charge on any atom is -0.364 e. The van der Waals surface area contributed by atoms with Crippen LogP contribution in [0.15, 0.2) is 35.2 Å². The van der Waals surface area contributed by atoms with Crippen molar-refractivity contribution in [2.75, 3.05) is 19.0 Å². The normalized spacial score (nSPS) is 11.4. The van der Waals surface area contributed by atoms with E-state index in [4.69, 9.17) is 11.6 Å². The Balaban J connectivity index is 2.39. The molecule has 1 aromatic heterocycles.